The zero-order valence-electron chi connectivity index (χ0n) is 21.8. The predicted octanol–water partition coefficient (Wildman–Crippen LogP) is 5.86. The molecule has 1 N–H and O–H groups in total. The zero-order chi connectivity index (χ0) is 26.9. The fourth-order valence-electron chi connectivity index (χ4n) is 4.19. The van der Waals surface area contributed by atoms with E-state index in [1.165, 1.54) is 4.90 Å². The summed E-state index contributed by atoms with van der Waals surface area (Å²) in [6.07, 6.45) is 2.06. The number of rotatable bonds is 7. The number of amides is 1. The van der Waals surface area contributed by atoms with E-state index in [0.29, 0.717) is 63.2 Å². The number of aryl methyl sites for hydroxylation is 2. The highest BCUT2D eigenvalue weighted by Crippen LogP contribution is 2.40. The van der Waals surface area contributed by atoms with Crippen molar-refractivity contribution < 1.29 is 24.1 Å². The molecule has 0 spiro atoms. The second-order valence-corrected chi connectivity index (χ2v) is 9.98. The lowest BCUT2D eigenvalue weighted by atomic mass is 10.1. The molecule has 2 aromatic heterocycles. The minimum Gasteiger partial charge on any atom is -0.493 e. The van der Waals surface area contributed by atoms with Gasteiger partial charge in [0.25, 0.3) is 0 Å². The summed E-state index contributed by atoms with van der Waals surface area (Å²) in [6, 6.07) is 8.98. The molecule has 1 amide bonds. The summed E-state index contributed by atoms with van der Waals surface area (Å²) in [7, 11) is 3.11. The van der Waals surface area contributed by atoms with Crippen LogP contribution in [0.15, 0.2) is 36.5 Å². The Hall–Kier alpha value is -3.56. The van der Waals surface area contributed by atoms with E-state index < -0.39 is 11.7 Å². The molecule has 4 rings (SSSR count). The Morgan fingerprint density at radius 3 is 2.46 bits per heavy atom. The lowest BCUT2D eigenvalue weighted by molar-refractivity contribution is 0.0598. The van der Waals surface area contributed by atoms with Crippen molar-refractivity contribution in [2.24, 2.45) is 0 Å². The van der Waals surface area contributed by atoms with Gasteiger partial charge in [0.2, 0.25) is 0 Å². The molecule has 196 valence electrons. The third-order valence-electron chi connectivity index (χ3n) is 5.77. The van der Waals surface area contributed by atoms with Gasteiger partial charge in [-0.1, -0.05) is 23.7 Å². The van der Waals surface area contributed by atoms with Crippen molar-refractivity contribution in [3.05, 3.63) is 52.9 Å². The van der Waals surface area contributed by atoms with Crippen LogP contribution in [0.5, 0.6) is 11.5 Å². The molecule has 0 radical (unpaired) electrons. The summed E-state index contributed by atoms with van der Waals surface area (Å²) in [5, 5.41) is 9.84. The van der Waals surface area contributed by atoms with E-state index in [1.807, 2.05) is 29.5 Å². The van der Waals surface area contributed by atoms with Crippen molar-refractivity contribution in [3.63, 3.8) is 0 Å². The maximum absolute atomic E-state index is 13.7. The van der Waals surface area contributed by atoms with Crippen molar-refractivity contribution in [1.29, 1.82) is 0 Å². The molecule has 0 saturated heterocycles. The smallest absolute Gasteiger partial charge is 0.420 e. The summed E-state index contributed by atoms with van der Waals surface area (Å²) < 4.78 is 18.8. The van der Waals surface area contributed by atoms with Gasteiger partial charge in [0.05, 0.1) is 42.2 Å². The Bertz CT molecular complexity index is 1440. The van der Waals surface area contributed by atoms with Crippen LogP contribution >= 0.6 is 11.6 Å². The van der Waals surface area contributed by atoms with Crippen LogP contribution < -0.4 is 14.4 Å². The van der Waals surface area contributed by atoms with Crippen LogP contribution in [0.4, 0.5) is 16.3 Å². The van der Waals surface area contributed by atoms with Gasteiger partial charge in [-0.15, -0.1) is 0 Å². The number of anilines is 2. The van der Waals surface area contributed by atoms with E-state index in [2.05, 4.69) is 4.98 Å². The van der Waals surface area contributed by atoms with E-state index in [0.717, 1.165) is 5.56 Å². The van der Waals surface area contributed by atoms with E-state index in [9.17, 15) is 9.90 Å². The molecule has 0 atom stereocenters. The van der Waals surface area contributed by atoms with E-state index in [1.54, 1.807) is 53.3 Å². The number of ether oxygens (including phenoxy) is 3. The summed E-state index contributed by atoms with van der Waals surface area (Å²) in [6.45, 7) is 7.29. The van der Waals surface area contributed by atoms with Crippen molar-refractivity contribution in [1.82, 2.24) is 14.4 Å². The number of benzene rings is 2. The summed E-state index contributed by atoms with van der Waals surface area (Å²) in [5.41, 5.74) is 2.29. The van der Waals surface area contributed by atoms with Gasteiger partial charge in [-0.3, -0.25) is 4.40 Å². The quantitative estimate of drug-likeness (QED) is 0.322. The number of aromatic nitrogens is 3. The molecule has 0 unspecified atom stereocenters. The van der Waals surface area contributed by atoms with Gasteiger partial charge in [0.15, 0.2) is 17.3 Å². The second-order valence-electron chi connectivity index (χ2n) is 9.57. The zero-order valence-corrected chi connectivity index (χ0v) is 22.6. The summed E-state index contributed by atoms with van der Waals surface area (Å²) in [4.78, 5) is 24.7. The first-order chi connectivity index (χ1) is 17.6. The van der Waals surface area contributed by atoms with Crippen LogP contribution in [0, 0.1) is 6.92 Å². The van der Waals surface area contributed by atoms with E-state index >= 15 is 0 Å². The average molecular weight is 527 g/mol. The summed E-state index contributed by atoms with van der Waals surface area (Å²) >= 11 is 6.66. The molecule has 0 aliphatic carbocycles. The van der Waals surface area contributed by atoms with Crippen molar-refractivity contribution >= 4 is 45.7 Å². The first-order valence-corrected chi connectivity index (χ1v) is 12.3. The number of aliphatic hydroxyl groups is 1. The number of nitrogens with zero attached hydrogens (tertiary/aromatic N) is 4. The number of methoxy groups -OCH3 is 2. The minimum atomic E-state index is -0.763. The standard InChI is InChI=1S/C27H31ClN4O5/c1-16-9-7-10-17(28)24(16)32(26(34)37-27(2,3)4)25-20-15-29-23(11-8-12-33)31(20)19-14-22(36-6)21(35-5)13-18(19)30-25/h7,9-10,13-15,33H,8,11-12H2,1-6H3. The second kappa shape index (κ2) is 10.4. The van der Waals surface area contributed by atoms with Crippen molar-refractivity contribution in [2.45, 2.75) is 46.1 Å². The van der Waals surface area contributed by atoms with Gasteiger partial charge in [0, 0.05) is 25.2 Å². The van der Waals surface area contributed by atoms with Crippen molar-refractivity contribution in [3.8, 4) is 11.5 Å². The SMILES string of the molecule is COc1cc2nc(N(C(=O)OC(C)(C)C)c3c(C)cccc3Cl)c3cnc(CCCO)n3c2cc1OC. The van der Waals surface area contributed by atoms with Gasteiger partial charge in [-0.25, -0.2) is 19.7 Å². The predicted molar refractivity (Wildman–Crippen MR) is 144 cm³/mol. The third kappa shape index (κ3) is 5.14. The normalized spacial score (nSPS) is 11.7. The number of para-hydroxylation sites is 1. The Morgan fingerprint density at radius 1 is 1.14 bits per heavy atom. The van der Waals surface area contributed by atoms with Gasteiger partial charge in [-0.2, -0.15) is 0 Å². The number of fused-ring (bicyclic) bond motifs is 3. The molecule has 0 bridgehead atoms. The van der Waals surface area contributed by atoms with Crippen molar-refractivity contribution in [2.75, 3.05) is 25.7 Å². The van der Waals surface area contributed by atoms with Crippen LogP contribution in [0.2, 0.25) is 5.02 Å². The Balaban J connectivity index is 2.10. The number of carbonyl (C=O) groups is 1. The molecule has 4 aromatic rings. The molecule has 2 heterocycles. The van der Waals surface area contributed by atoms with Gasteiger partial charge in [0.1, 0.15) is 16.9 Å². The molecule has 9 nitrogen and oxygen atoms in total. The number of imidazole rings is 1. The third-order valence-corrected chi connectivity index (χ3v) is 6.08. The fraction of sp³-hybridized carbons (Fsp3) is 0.370. The molecule has 2 aromatic carbocycles. The summed E-state index contributed by atoms with van der Waals surface area (Å²) in [5.74, 6) is 2.01. The molecule has 0 saturated carbocycles. The van der Waals surface area contributed by atoms with E-state index in [-0.39, 0.29) is 6.61 Å². The van der Waals surface area contributed by atoms with Gasteiger partial charge < -0.3 is 19.3 Å². The molecular formula is C27H31ClN4O5. The highest BCUT2D eigenvalue weighted by molar-refractivity contribution is 6.34. The average Bonchev–Trinajstić information content (AvgIpc) is 3.27. The Kier molecular flexibility index (Phi) is 7.47. The number of aliphatic hydroxyl groups excluding tert-OH is 1. The van der Waals surface area contributed by atoms with Crippen LogP contribution in [0.3, 0.4) is 0 Å². The van der Waals surface area contributed by atoms with Crippen LogP contribution in [0.1, 0.15) is 38.6 Å². The maximum Gasteiger partial charge on any atom is 0.420 e. The lowest BCUT2D eigenvalue weighted by Crippen LogP contribution is -2.35. The van der Waals surface area contributed by atoms with Crippen LogP contribution in [-0.4, -0.2) is 52.0 Å². The first-order valence-electron chi connectivity index (χ1n) is 11.9. The molecule has 0 aliphatic rings. The van der Waals surface area contributed by atoms with Crippen LogP contribution in [-0.2, 0) is 11.2 Å². The number of halogens is 1. The fourth-order valence-corrected chi connectivity index (χ4v) is 4.50. The number of hydrogen-bond donors (Lipinski definition) is 1. The lowest BCUT2D eigenvalue weighted by Gasteiger charge is -2.29. The molecule has 0 aliphatic heterocycles. The first kappa shape index (κ1) is 26.5. The number of hydrogen-bond acceptors (Lipinski definition) is 7. The number of carbonyl (C=O) groups excluding carboxylic acids is 1. The van der Waals surface area contributed by atoms with Crippen LogP contribution in [0.25, 0.3) is 16.6 Å². The maximum atomic E-state index is 13.7. The molecule has 37 heavy (non-hydrogen) atoms. The molecular weight excluding hydrogens is 496 g/mol. The topological polar surface area (TPSA) is 98.4 Å². The Labute approximate surface area is 220 Å². The highest BCUT2D eigenvalue weighted by atomic mass is 35.5. The highest BCUT2D eigenvalue weighted by Gasteiger charge is 2.31. The van der Waals surface area contributed by atoms with Gasteiger partial charge >= 0.3 is 6.09 Å². The molecule has 0 fully saturated rings. The van der Waals surface area contributed by atoms with E-state index in [4.69, 9.17) is 30.8 Å². The minimum absolute atomic E-state index is 0.0186. The Morgan fingerprint density at radius 2 is 1.84 bits per heavy atom. The molecule has 10 heteroatoms. The largest absolute Gasteiger partial charge is 0.493 e. The van der Waals surface area contributed by atoms with Gasteiger partial charge in [-0.05, 0) is 45.7 Å². The monoisotopic (exact) mass is 526 g/mol.